The van der Waals surface area contributed by atoms with Crippen LogP contribution in [-0.2, 0) is 0 Å². The van der Waals surface area contributed by atoms with Gasteiger partial charge in [-0.2, -0.15) is 0 Å². The predicted octanol–water partition coefficient (Wildman–Crippen LogP) is 5.49. The molecule has 0 spiro atoms. The van der Waals surface area contributed by atoms with Crippen LogP contribution in [0.4, 0.5) is 0 Å². The Morgan fingerprint density at radius 2 is 1.75 bits per heavy atom. The number of aromatic amines is 1. The minimum Gasteiger partial charge on any atom is -0.489 e. The molecule has 0 bridgehead atoms. The van der Waals surface area contributed by atoms with Crippen LogP contribution in [0.25, 0.3) is 10.8 Å². The maximum Gasteiger partial charge on any atom is 0.255 e. The summed E-state index contributed by atoms with van der Waals surface area (Å²) in [6, 6.07) is 6.13. The van der Waals surface area contributed by atoms with Crippen molar-refractivity contribution in [2.24, 2.45) is 11.8 Å². The van der Waals surface area contributed by atoms with E-state index in [0.29, 0.717) is 34.0 Å². The van der Waals surface area contributed by atoms with E-state index in [4.69, 9.17) is 16.3 Å². The van der Waals surface area contributed by atoms with Crippen molar-refractivity contribution < 1.29 is 4.74 Å². The number of benzene rings is 1. The first kappa shape index (κ1) is 21.2. The average Bonchev–Trinajstić information content (AvgIpc) is 2.62. The van der Waals surface area contributed by atoms with Gasteiger partial charge in [0, 0.05) is 30.7 Å². The molecule has 1 N–H and O–H groups in total. The van der Waals surface area contributed by atoms with Crippen LogP contribution < -0.4 is 10.3 Å². The molecule has 1 fully saturated rings. The SMILES string of the molecule is CC(C)CN(CC(C)C)C1CCC(Oc2cc3cc[nH]c(=O)c3cc2Cl)CC1. The van der Waals surface area contributed by atoms with Crippen LogP contribution in [0.3, 0.4) is 0 Å². The summed E-state index contributed by atoms with van der Waals surface area (Å²) in [6.45, 7) is 11.5. The van der Waals surface area contributed by atoms with E-state index in [-0.39, 0.29) is 11.7 Å². The number of H-pyrrole nitrogens is 1. The van der Waals surface area contributed by atoms with Gasteiger partial charge in [-0.25, -0.2) is 0 Å². The Morgan fingerprint density at radius 1 is 1.11 bits per heavy atom. The van der Waals surface area contributed by atoms with Gasteiger partial charge in [0.1, 0.15) is 5.75 Å². The largest absolute Gasteiger partial charge is 0.489 e. The number of hydrogen-bond donors (Lipinski definition) is 1. The number of halogens is 1. The summed E-state index contributed by atoms with van der Waals surface area (Å²) < 4.78 is 6.26. The molecule has 0 amide bonds. The van der Waals surface area contributed by atoms with Crippen molar-refractivity contribution in [1.29, 1.82) is 0 Å². The topological polar surface area (TPSA) is 45.3 Å². The van der Waals surface area contributed by atoms with Crippen LogP contribution in [0.2, 0.25) is 5.02 Å². The smallest absolute Gasteiger partial charge is 0.255 e. The second kappa shape index (κ2) is 9.32. The maximum absolute atomic E-state index is 11.9. The summed E-state index contributed by atoms with van der Waals surface area (Å²) in [4.78, 5) is 17.3. The Morgan fingerprint density at radius 3 is 2.36 bits per heavy atom. The molecule has 0 saturated heterocycles. The molecule has 1 saturated carbocycles. The van der Waals surface area contributed by atoms with Gasteiger partial charge in [0.25, 0.3) is 5.56 Å². The van der Waals surface area contributed by atoms with E-state index < -0.39 is 0 Å². The zero-order valence-corrected chi connectivity index (χ0v) is 18.3. The van der Waals surface area contributed by atoms with Crippen LogP contribution in [0.5, 0.6) is 5.75 Å². The molecule has 1 aliphatic rings. The van der Waals surface area contributed by atoms with Crippen molar-refractivity contribution in [3.05, 3.63) is 39.8 Å². The van der Waals surface area contributed by atoms with Gasteiger partial charge in [0.05, 0.1) is 11.1 Å². The number of hydrogen-bond acceptors (Lipinski definition) is 3. The Kier molecular flexibility index (Phi) is 7.05. The van der Waals surface area contributed by atoms with Crippen molar-refractivity contribution in [3.63, 3.8) is 0 Å². The molecule has 2 aromatic rings. The Hall–Kier alpha value is -1.52. The van der Waals surface area contributed by atoms with Crippen molar-refractivity contribution in [2.45, 2.75) is 65.5 Å². The summed E-state index contributed by atoms with van der Waals surface area (Å²) in [6.07, 6.45) is 6.26. The van der Waals surface area contributed by atoms with E-state index >= 15 is 0 Å². The number of rotatable bonds is 7. The number of fused-ring (bicyclic) bond motifs is 1. The van der Waals surface area contributed by atoms with Gasteiger partial charge < -0.3 is 9.72 Å². The molecular weight excluding hydrogens is 372 g/mol. The highest BCUT2D eigenvalue weighted by Gasteiger charge is 2.28. The van der Waals surface area contributed by atoms with Crippen LogP contribution in [0, 0.1) is 11.8 Å². The lowest BCUT2D eigenvalue weighted by Gasteiger charge is -2.38. The molecule has 5 heteroatoms. The van der Waals surface area contributed by atoms with Crippen LogP contribution >= 0.6 is 11.6 Å². The average molecular weight is 405 g/mol. The molecule has 1 aromatic carbocycles. The van der Waals surface area contributed by atoms with Gasteiger partial charge in [-0.05, 0) is 61.1 Å². The molecule has 0 aliphatic heterocycles. The molecule has 3 rings (SSSR count). The third-order valence-electron chi connectivity index (χ3n) is 5.48. The molecular formula is C23H33ClN2O2. The standard InChI is InChI=1S/C23H33ClN2O2/c1-15(2)13-26(14-16(3)4)18-5-7-19(8-6-18)28-22-11-17-9-10-25-23(27)20(17)12-21(22)24/h9-12,15-16,18-19H,5-8,13-14H2,1-4H3,(H,25,27). The molecule has 154 valence electrons. The summed E-state index contributed by atoms with van der Waals surface area (Å²) in [5.74, 6) is 2.06. The van der Waals surface area contributed by atoms with Gasteiger partial charge in [-0.15, -0.1) is 0 Å². The maximum atomic E-state index is 11.9. The minimum absolute atomic E-state index is 0.123. The van der Waals surface area contributed by atoms with E-state index in [1.54, 1.807) is 12.3 Å². The van der Waals surface area contributed by atoms with Crippen molar-refractivity contribution in [2.75, 3.05) is 13.1 Å². The molecule has 0 atom stereocenters. The number of nitrogens with zero attached hydrogens (tertiary/aromatic N) is 1. The second-order valence-corrected chi connectivity index (χ2v) is 9.37. The van der Waals surface area contributed by atoms with E-state index in [1.807, 2.05) is 12.1 Å². The van der Waals surface area contributed by atoms with Crippen molar-refractivity contribution in [1.82, 2.24) is 9.88 Å². The first-order valence-corrected chi connectivity index (χ1v) is 10.9. The zero-order chi connectivity index (χ0) is 20.3. The van der Waals surface area contributed by atoms with Crippen LogP contribution in [-0.4, -0.2) is 35.1 Å². The molecule has 4 nitrogen and oxygen atoms in total. The predicted molar refractivity (Wildman–Crippen MR) is 117 cm³/mol. The number of nitrogens with one attached hydrogen (secondary N) is 1. The lowest BCUT2D eigenvalue weighted by Crippen LogP contribution is -2.43. The molecule has 0 radical (unpaired) electrons. The van der Waals surface area contributed by atoms with E-state index in [2.05, 4.69) is 37.6 Å². The third kappa shape index (κ3) is 5.30. The zero-order valence-electron chi connectivity index (χ0n) is 17.5. The highest BCUT2D eigenvalue weighted by molar-refractivity contribution is 6.32. The minimum atomic E-state index is -0.123. The van der Waals surface area contributed by atoms with Crippen molar-refractivity contribution in [3.8, 4) is 5.75 Å². The first-order valence-electron chi connectivity index (χ1n) is 10.5. The molecule has 0 unspecified atom stereocenters. The fraction of sp³-hybridized carbons (Fsp3) is 0.609. The Balaban J connectivity index is 1.64. The second-order valence-electron chi connectivity index (χ2n) is 8.97. The van der Waals surface area contributed by atoms with Gasteiger partial charge in [0.2, 0.25) is 0 Å². The van der Waals surface area contributed by atoms with Crippen LogP contribution in [0.1, 0.15) is 53.4 Å². The fourth-order valence-electron chi connectivity index (χ4n) is 4.30. The summed E-state index contributed by atoms with van der Waals surface area (Å²) in [5, 5.41) is 1.96. The lowest BCUT2D eigenvalue weighted by molar-refractivity contribution is 0.0745. The van der Waals surface area contributed by atoms with Gasteiger partial charge in [0.15, 0.2) is 0 Å². The number of ether oxygens (including phenoxy) is 1. The van der Waals surface area contributed by atoms with Gasteiger partial charge >= 0.3 is 0 Å². The van der Waals surface area contributed by atoms with E-state index in [1.165, 1.54) is 13.1 Å². The first-order chi connectivity index (χ1) is 13.3. The molecule has 1 heterocycles. The van der Waals surface area contributed by atoms with Gasteiger partial charge in [-0.3, -0.25) is 9.69 Å². The Bertz CT molecular complexity index is 828. The highest BCUT2D eigenvalue weighted by Crippen LogP contribution is 2.33. The summed E-state index contributed by atoms with van der Waals surface area (Å²) >= 11 is 6.40. The number of aromatic nitrogens is 1. The van der Waals surface area contributed by atoms with Crippen molar-refractivity contribution >= 4 is 22.4 Å². The fourth-order valence-corrected chi connectivity index (χ4v) is 4.51. The van der Waals surface area contributed by atoms with Gasteiger partial charge in [-0.1, -0.05) is 39.3 Å². The normalized spacial score (nSPS) is 20.4. The lowest BCUT2D eigenvalue weighted by atomic mass is 9.90. The third-order valence-corrected chi connectivity index (χ3v) is 5.77. The summed E-state index contributed by atoms with van der Waals surface area (Å²) in [5.41, 5.74) is -0.123. The molecule has 1 aliphatic carbocycles. The quantitative estimate of drug-likeness (QED) is 0.664. The van der Waals surface area contributed by atoms with E-state index in [0.717, 1.165) is 31.1 Å². The Labute approximate surface area is 173 Å². The highest BCUT2D eigenvalue weighted by atomic mass is 35.5. The summed E-state index contributed by atoms with van der Waals surface area (Å²) in [7, 11) is 0. The monoisotopic (exact) mass is 404 g/mol. The van der Waals surface area contributed by atoms with Crippen LogP contribution in [0.15, 0.2) is 29.2 Å². The molecule has 1 aromatic heterocycles. The number of pyridine rings is 1. The molecule has 28 heavy (non-hydrogen) atoms. The van der Waals surface area contributed by atoms with E-state index in [9.17, 15) is 4.79 Å².